The van der Waals surface area contributed by atoms with E-state index in [1.165, 1.54) is 49.6 Å². The van der Waals surface area contributed by atoms with Crippen molar-refractivity contribution in [2.24, 2.45) is 0 Å². The number of carbonyl (C=O) groups is 2. The number of nitro groups is 1. The van der Waals surface area contributed by atoms with Gasteiger partial charge in [0.2, 0.25) is 5.75 Å². The van der Waals surface area contributed by atoms with Crippen LogP contribution >= 0.6 is 11.6 Å². The van der Waals surface area contributed by atoms with E-state index in [4.69, 9.17) is 21.1 Å². The lowest BCUT2D eigenvalue weighted by Gasteiger charge is -2.08. The number of esters is 2. The molecule has 2 rings (SSSR count). The standard InChI is InChI=1S/C16H12ClNO7/c1-23-15(19)9-24-16(20)10-2-5-12(6-3-10)25-14-7-4-11(17)8-13(14)18(21)22/h2-8H,9H2,1H3. The zero-order valence-corrected chi connectivity index (χ0v) is 13.7. The van der Waals surface area contributed by atoms with Crippen LogP contribution in [-0.2, 0) is 14.3 Å². The minimum atomic E-state index is -0.713. The number of rotatable bonds is 6. The Morgan fingerprint density at radius 1 is 1.16 bits per heavy atom. The highest BCUT2D eigenvalue weighted by Gasteiger charge is 2.17. The van der Waals surface area contributed by atoms with E-state index >= 15 is 0 Å². The highest BCUT2D eigenvalue weighted by molar-refractivity contribution is 6.30. The predicted molar refractivity (Wildman–Crippen MR) is 86.9 cm³/mol. The maximum Gasteiger partial charge on any atom is 0.344 e. The number of halogens is 1. The van der Waals surface area contributed by atoms with Crippen LogP contribution in [0.5, 0.6) is 11.5 Å². The van der Waals surface area contributed by atoms with Gasteiger partial charge in [-0.2, -0.15) is 0 Å². The molecule has 0 fully saturated rings. The Bertz CT molecular complexity index is 805. The van der Waals surface area contributed by atoms with Crippen LogP contribution in [-0.4, -0.2) is 30.6 Å². The van der Waals surface area contributed by atoms with Gasteiger partial charge in [0.05, 0.1) is 17.6 Å². The van der Waals surface area contributed by atoms with Crippen LogP contribution in [0.25, 0.3) is 0 Å². The van der Waals surface area contributed by atoms with Gasteiger partial charge in [-0.05, 0) is 36.4 Å². The smallest absolute Gasteiger partial charge is 0.344 e. The van der Waals surface area contributed by atoms with E-state index in [9.17, 15) is 19.7 Å². The molecule has 130 valence electrons. The van der Waals surface area contributed by atoms with Crippen LogP contribution in [0.3, 0.4) is 0 Å². The lowest BCUT2D eigenvalue weighted by atomic mass is 10.2. The Morgan fingerprint density at radius 2 is 1.84 bits per heavy atom. The number of carbonyl (C=O) groups excluding carboxylic acids is 2. The largest absolute Gasteiger partial charge is 0.466 e. The summed E-state index contributed by atoms with van der Waals surface area (Å²) in [6.45, 7) is -0.495. The molecule has 2 aromatic carbocycles. The van der Waals surface area contributed by atoms with Gasteiger partial charge in [-0.25, -0.2) is 9.59 Å². The normalized spacial score (nSPS) is 10.0. The van der Waals surface area contributed by atoms with Crippen molar-refractivity contribution < 1.29 is 28.7 Å². The number of nitrogens with zero attached hydrogens (tertiary/aromatic N) is 1. The molecule has 0 bridgehead atoms. The fourth-order valence-corrected chi connectivity index (χ4v) is 1.94. The summed E-state index contributed by atoms with van der Waals surface area (Å²) in [5, 5.41) is 11.2. The number of hydrogen-bond donors (Lipinski definition) is 0. The number of hydrogen-bond acceptors (Lipinski definition) is 7. The van der Waals surface area contributed by atoms with Crippen molar-refractivity contribution in [1.29, 1.82) is 0 Å². The minimum absolute atomic E-state index is 0.00965. The van der Waals surface area contributed by atoms with Crippen LogP contribution in [0.15, 0.2) is 42.5 Å². The van der Waals surface area contributed by atoms with Crippen LogP contribution in [0, 0.1) is 10.1 Å². The second-order valence-corrected chi connectivity index (χ2v) is 5.08. The van der Waals surface area contributed by atoms with Gasteiger partial charge in [0.15, 0.2) is 6.61 Å². The summed E-state index contributed by atoms with van der Waals surface area (Å²) in [5.41, 5.74) is -0.101. The van der Waals surface area contributed by atoms with Crippen molar-refractivity contribution in [3.63, 3.8) is 0 Å². The summed E-state index contributed by atoms with van der Waals surface area (Å²) in [7, 11) is 1.18. The second kappa shape index (κ2) is 8.11. The van der Waals surface area contributed by atoms with E-state index < -0.39 is 23.5 Å². The number of nitro benzene ring substituents is 1. The molecule has 0 atom stereocenters. The van der Waals surface area contributed by atoms with Crippen LogP contribution in [0.4, 0.5) is 5.69 Å². The van der Waals surface area contributed by atoms with Crippen molar-refractivity contribution >= 4 is 29.2 Å². The molecule has 0 saturated carbocycles. The molecule has 0 aliphatic rings. The fraction of sp³-hybridized carbons (Fsp3) is 0.125. The fourth-order valence-electron chi connectivity index (χ4n) is 1.77. The van der Waals surface area contributed by atoms with Crippen LogP contribution in [0.1, 0.15) is 10.4 Å². The van der Waals surface area contributed by atoms with Crippen LogP contribution < -0.4 is 4.74 Å². The minimum Gasteiger partial charge on any atom is -0.466 e. The molecule has 25 heavy (non-hydrogen) atoms. The molecule has 0 spiro atoms. The summed E-state index contributed by atoms with van der Waals surface area (Å²) < 4.78 is 14.6. The first-order valence-electron chi connectivity index (χ1n) is 6.86. The molecule has 2 aromatic rings. The number of methoxy groups -OCH3 is 1. The quantitative estimate of drug-likeness (QED) is 0.439. The topological polar surface area (TPSA) is 105 Å². The first-order chi connectivity index (χ1) is 11.9. The van der Waals surface area contributed by atoms with E-state index in [-0.39, 0.29) is 27.8 Å². The molecular weight excluding hydrogens is 354 g/mol. The third kappa shape index (κ3) is 4.92. The average molecular weight is 366 g/mol. The maximum atomic E-state index is 11.7. The first kappa shape index (κ1) is 18.2. The molecule has 0 aliphatic heterocycles. The summed E-state index contributed by atoms with van der Waals surface area (Å²) >= 11 is 5.74. The second-order valence-electron chi connectivity index (χ2n) is 4.65. The van der Waals surface area contributed by atoms with Gasteiger partial charge >= 0.3 is 17.6 Å². The van der Waals surface area contributed by atoms with Gasteiger partial charge in [-0.3, -0.25) is 10.1 Å². The van der Waals surface area contributed by atoms with E-state index in [0.29, 0.717) is 0 Å². The van der Waals surface area contributed by atoms with Gasteiger partial charge in [-0.15, -0.1) is 0 Å². The highest BCUT2D eigenvalue weighted by atomic mass is 35.5. The summed E-state index contributed by atoms with van der Waals surface area (Å²) in [5.74, 6) is -1.11. The van der Waals surface area contributed by atoms with E-state index in [1.807, 2.05) is 0 Å². The summed E-state index contributed by atoms with van der Waals surface area (Å²) in [4.78, 5) is 33.1. The molecule has 0 aliphatic carbocycles. The molecule has 0 saturated heterocycles. The molecule has 9 heteroatoms. The number of ether oxygens (including phenoxy) is 3. The van der Waals surface area contributed by atoms with Crippen molar-refractivity contribution in [1.82, 2.24) is 0 Å². The molecule has 0 amide bonds. The molecule has 0 aromatic heterocycles. The first-order valence-corrected chi connectivity index (χ1v) is 7.24. The zero-order valence-electron chi connectivity index (χ0n) is 12.9. The van der Waals surface area contributed by atoms with Gasteiger partial charge in [0.25, 0.3) is 0 Å². The Hall–Kier alpha value is -3.13. The molecular formula is C16H12ClNO7. The lowest BCUT2D eigenvalue weighted by Crippen LogP contribution is -2.14. The van der Waals surface area contributed by atoms with Gasteiger partial charge < -0.3 is 14.2 Å². The van der Waals surface area contributed by atoms with Gasteiger partial charge in [-0.1, -0.05) is 11.6 Å². The Labute approximate surface area is 147 Å². The molecule has 0 radical (unpaired) electrons. The SMILES string of the molecule is COC(=O)COC(=O)c1ccc(Oc2ccc(Cl)cc2[N+](=O)[O-])cc1. The van der Waals surface area contributed by atoms with Gasteiger partial charge in [0, 0.05) is 11.1 Å². The van der Waals surface area contributed by atoms with Crippen molar-refractivity contribution in [2.45, 2.75) is 0 Å². The van der Waals surface area contributed by atoms with E-state index in [1.54, 1.807) is 0 Å². The van der Waals surface area contributed by atoms with Crippen LogP contribution in [0.2, 0.25) is 5.02 Å². The highest BCUT2D eigenvalue weighted by Crippen LogP contribution is 2.33. The molecule has 0 N–H and O–H groups in total. The van der Waals surface area contributed by atoms with Gasteiger partial charge in [0.1, 0.15) is 5.75 Å². The predicted octanol–water partition coefficient (Wildman–Crippen LogP) is 3.37. The van der Waals surface area contributed by atoms with E-state index in [2.05, 4.69) is 4.74 Å². The molecule has 0 heterocycles. The Kier molecular flexibility index (Phi) is 5.91. The lowest BCUT2D eigenvalue weighted by molar-refractivity contribution is -0.385. The summed E-state index contributed by atoms with van der Waals surface area (Å²) in [6.07, 6.45) is 0. The maximum absolute atomic E-state index is 11.7. The van der Waals surface area contributed by atoms with Crippen molar-refractivity contribution in [2.75, 3.05) is 13.7 Å². The Balaban J connectivity index is 2.09. The van der Waals surface area contributed by atoms with E-state index in [0.717, 1.165) is 0 Å². The zero-order chi connectivity index (χ0) is 18.4. The third-order valence-corrected chi connectivity index (χ3v) is 3.22. The summed E-state index contributed by atoms with van der Waals surface area (Å²) in [6, 6.07) is 9.68. The molecule has 8 nitrogen and oxygen atoms in total. The van der Waals surface area contributed by atoms with Crippen molar-refractivity contribution in [3.05, 3.63) is 63.2 Å². The number of benzene rings is 2. The van der Waals surface area contributed by atoms with Crippen molar-refractivity contribution in [3.8, 4) is 11.5 Å². The molecule has 0 unspecified atom stereocenters. The monoisotopic (exact) mass is 365 g/mol. The average Bonchev–Trinajstić information content (AvgIpc) is 2.61. The Morgan fingerprint density at radius 3 is 2.44 bits per heavy atom. The third-order valence-electron chi connectivity index (χ3n) is 2.98.